The lowest BCUT2D eigenvalue weighted by Crippen LogP contribution is -2.56. The topological polar surface area (TPSA) is 314 Å². The van der Waals surface area contributed by atoms with Crippen LogP contribution in [0.2, 0.25) is 0 Å². The fourth-order valence-corrected chi connectivity index (χ4v) is 9.49. The zero-order chi connectivity index (χ0) is 50.5. The molecule has 1 saturated heterocycles. The average Bonchev–Trinajstić information content (AvgIpc) is 3.28. The molecule has 2 fully saturated rings. The molecule has 1 unspecified atom stereocenters. The Morgan fingerprint density at radius 1 is 0.838 bits per heavy atom. The summed E-state index contributed by atoms with van der Waals surface area (Å²) in [6.07, 6.45) is 6.36. The molecule has 2 bridgehead atoms. The summed E-state index contributed by atoms with van der Waals surface area (Å²) in [5, 5.41) is 68.0. The standard InChI is InChI=1S/C47H80O19P2/c1-3-5-7-8-9-10-11-12-13-14-15-16-17-18-23-27-40(51)62-32-35-33-63-68(60,61)66-47-45(56)44(55)42(53)36(26-22-19-20-24-28-41(52)64-35)38(49)31-39(50)37(30-29-34(48)25-21-6-4-2)43(54)46(47)65-67(57,58)59/h5,7,9-10,12-13,29-30,34-38,42-49,53-56H,3-4,6,8,11,14-28,31-33H2,1-2H3,(H,60,61)(H2,57,58,59)/b7-5-,10-9-,13-12-,30-29?/t34-,35+,36-,37-,38-,42+,43+,44-,45+,46+,47-/m0/s1. The number of aliphatic hydroxyl groups excluding tert-OH is 6. The molecule has 1 heterocycles. The number of esters is 2. The van der Waals surface area contributed by atoms with E-state index in [0.29, 0.717) is 32.1 Å². The van der Waals surface area contributed by atoms with Gasteiger partial charge in [0.15, 0.2) is 6.10 Å². The fourth-order valence-electron chi connectivity index (χ4n) is 7.96. The zero-order valence-corrected chi connectivity index (χ0v) is 41.5. The van der Waals surface area contributed by atoms with Crippen molar-refractivity contribution in [1.29, 1.82) is 0 Å². The Hall–Kier alpha value is -2.45. The van der Waals surface area contributed by atoms with Crippen molar-refractivity contribution in [3.05, 3.63) is 48.6 Å². The van der Waals surface area contributed by atoms with Gasteiger partial charge < -0.3 is 54.8 Å². The molecule has 0 spiro atoms. The monoisotopic (exact) mass is 1010 g/mol. The van der Waals surface area contributed by atoms with E-state index in [0.717, 1.165) is 76.4 Å². The number of carbonyl (C=O) groups excluding carboxylic acids is 3. The Kier molecular flexibility index (Phi) is 30.8. The molecule has 2 aliphatic rings. The number of Topliss-reactive ketones (excluding diaryl/α,β-unsaturated/α-hetero) is 1. The van der Waals surface area contributed by atoms with Crippen molar-refractivity contribution in [2.45, 2.75) is 204 Å². The number of aliphatic hydroxyl groups is 6. The summed E-state index contributed by atoms with van der Waals surface area (Å²) in [7, 11) is -11.5. The Bertz CT molecular complexity index is 1670. The molecule has 12 atom stereocenters. The molecular formula is C47H80O19P2. The van der Waals surface area contributed by atoms with E-state index in [-0.39, 0.29) is 32.1 Å². The summed E-state index contributed by atoms with van der Waals surface area (Å²) < 4.78 is 52.1. The summed E-state index contributed by atoms with van der Waals surface area (Å²) >= 11 is 0. The van der Waals surface area contributed by atoms with Gasteiger partial charge in [-0.15, -0.1) is 0 Å². The summed E-state index contributed by atoms with van der Waals surface area (Å²) in [6.45, 7) is 2.44. The molecule has 0 aromatic heterocycles. The van der Waals surface area contributed by atoms with Gasteiger partial charge in [-0.1, -0.05) is 120 Å². The molecule has 2 rings (SSSR count). The van der Waals surface area contributed by atoms with Crippen LogP contribution >= 0.6 is 15.6 Å². The summed E-state index contributed by atoms with van der Waals surface area (Å²) in [5.74, 6) is -5.64. The molecule has 1 saturated carbocycles. The van der Waals surface area contributed by atoms with Gasteiger partial charge in [0.25, 0.3) is 0 Å². The van der Waals surface area contributed by atoms with Crippen molar-refractivity contribution in [2.24, 2.45) is 11.8 Å². The normalized spacial score (nSPS) is 30.8. The SMILES string of the molecule is CC/C=C\C/C=C\C/C=C\CCCCCCCC(=O)OC[C@@H]1COP(=O)(O)O[C@H]2[C@H](O)[C@@H](O)[C@H](O)[C@@H](CCCCCCC(=O)O1)[C@@H](O)CC(=O)[C@H](C=C[C@@H](O)CCCCC)[C@@H](O)[C@H]2OP(=O)(O)O. The third-order valence-electron chi connectivity index (χ3n) is 11.8. The van der Waals surface area contributed by atoms with Crippen LogP contribution < -0.4 is 0 Å². The van der Waals surface area contributed by atoms with E-state index in [1.807, 2.05) is 6.92 Å². The van der Waals surface area contributed by atoms with E-state index in [4.69, 9.17) is 23.0 Å². The number of hydrogen-bond donors (Lipinski definition) is 9. The van der Waals surface area contributed by atoms with Gasteiger partial charge in [-0.3, -0.25) is 28.0 Å². The van der Waals surface area contributed by atoms with Crippen LogP contribution in [0.5, 0.6) is 0 Å². The highest BCUT2D eigenvalue weighted by molar-refractivity contribution is 7.47. The van der Waals surface area contributed by atoms with Gasteiger partial charge in [0, 0.05) is 25.2 Å². The molecule has 392 valence electrons. The molecule has 9 N–H and O–H groups in total. The molecule has 19 nitrogen and oxygen atoms in total. The third kappa shape index (κ3) is 25.6. The van der Waals surface area contributed by atoms with Gasteiger partial charge in [0.1, 0.15) is 36.8 Å². The second-order valence-corrected chi connectivity index (χ2v) is 20.2. The predicted octanol–water partition coefficient (Wildman–Crippen LogP) is 5.87. The zero-order valence-electron chi connectivity index (χ0n) is 39.7. The predicted molar refractivity (Wildman–Crippen MR) is 251 cm³/mol. The Balaban J connectivity index is 2.31. The van der Waals surface area contributed by atoms with Gasteiger partial charge in [-0.2, -0.15) is 0 Å². The molecule has 0 amide bonds. The molecule has 0 radical (unpaired) electrons. The number of ketones is 1. The molecule has 1 aliphatic heterocycles. The highest BCUT2D eigenvalue weighted by Gasteiger charge is 2.51. The van der Waals surface area contributed by atoms with Crippen molar-refractivity contribution < 1.29 is 91.9 Å². The first kappa shape index (κ1) is 61.7. The first-order chi connectivity index (χ1) is 32.3. The fraction of sp³-hybridized carbons (Fsp3) is 0.766. The smallest absolute Gasteiger partial charge is 0.462 e. The van der Waals surface area contributed by atoms with Crippen molar-refractivity contribution in [3.63, 3.8) is 0 Å². The Morgan fingerprint density at radius 2 is 1.50 bits per heavy atom. The van der Waals surface area contributed by atoms with E-state index in [1.165, 1.54) is 0 Å². The number of ether oxygens (including phenoxy) is 2. The van der Waals surface area contributed by atoms with Crippen LogP contribution in [-0.2, 0) is 46.6 Å². The van der Waals surface area contributed by atoms with Crippen molar-refractivity contribution in [3.8, 4) is 0 Å². The first-order valence-electron chi connectivity index (χ1n) is 24.3. The van der Waals surface area contributed by atoms with Crippen molar-refractivity contribution in [2.75, 3.05) is 13.2 Å². The number of phosphoric ester groups is 2. The second-order valence-electron chi connectivity index (χ2n) is 17.6. The van der Waals surface area contributed by atoms with Gasteiger partial charge >= 0.3 is 27.6 Å². The number of phosphoric acid groups is 2. The van der Waals surface area contributed by atoms with E-state index >= 15 is 0 Å². The number of cyclic esters (lactones) is 1. The molecule has 68 heavy (non-hydrogen) atoms. The second kappa shape index (κ2) is 34.0. The van der Waals surface area contributed by atoms with Gasteiger partial charge in [-0.05, 0) is 57.8 Å². The van der Waals surface area contributed by atoms with Crippen molar-refractivity contribution in [1.82, 2.24) is 0 Å². The molecule has 0 aromatic carbocycles. The average molecular weight is 1010 g/mol. The Labute approximate surface area is 401 Å². The molecule has 21 heteroatoms. The van der Waals surface area contributed by atoms with Crippen LogP contribution in [-0.4, -0.2) is 131 Å². The number of fused-ring (bicyclic) bond motifs is 4. The summed E-state index contributed by atoms with van der Waals surface area (Å²) in [4.78, 5) is 70.5. The van der Waals surface area contributed by atoms with E-state index < -0.39 is 120 Å². The highest BCUT2D eigenvalue weighted by atomic mass is 31.2. The molecular weight excluding hydrogens is 930 g/mol. The third-order valence-corrected chi connectivity index (χ3v) is 13.3. The van der Waals surface area contributed by atoms with Crippen LogP contribution in [0.3, 0.4) is 0 Å². The molecule has 0 aromatic rings. The number of unbranched alkanes of at least 4 members (excludes halogenated alkanes) is 7. The largest absolute Gasteiger partial charge is 0.472 e. The summed E-state index contributed by atoms with van der Waals surface area (Å²) in [5.41, 5.74) is 0. The van der Waals surface area contributed by atoms with Gasteiger partial charge in [-0.25, -0.2) is 9.13 Å². The van der Waals surface area contributed by atoms with Gasteiger partial charge in [0.2, 0.25) is 0 Å². The van der Waals surface area contributed by atoms with Crippen LogP contribution in [0.1, 0.15) is 149 Å². The van der Waals surface area contributed by atoms with E-state index in [1.54, 1.807) is 0 Å². The number of hydrogen-bond acceptors (Lipinski definition) is 16. The first-order valence-corrected chi connectivity index (χ1v) is 27.3. The lowest BCUT2D eigenvalue weighted by Gasteiger charge is -2.38. The highest BCUT2D eigenvalue weighted by Crippen LogP contribution is 2.49. The minimum atomic E-state index is -5.79. The maximum Gasteiger partial charge on any atom is 0.472 e. The number of allylic oxidation sites excluding steroid dienone is 6. The molecule has 1 aliphatic carbocycles. The Morgan fingerprint density at radius 3 is 2.19 bits per heavy atom. The minimum absolute atomic E-state index is 0.0359. The lowest BCUT2D eigenvalue weighted by molar-refractivity contribution is -0.165. The maximum atomic E-state index is 13.9. The quantitative estimate of drug-likeness (QED) is 0.0250. The van der Waals surface area contributed by atoms with Crippen LogP contribution in [0.15, 0.2) is 48.6 Å². The lowest BCUT2D eigenvalue weighted by atomic mass is 9.82. The van der Waals surface area contributed by atoms with E-state index in [2.05, 4.69) is 43.4 Å². The van der Waals surface area contributed by atoms with Crippen molar-refractivity contribution >= 4 is 33.4 Å². The number of rotatable bonds is 23. The van der Waals surface area contributed by atoms with E-state index in [9.17, 15) is 68.8 Å². The van der Waals surface area contributed by atoms with Crippen LogP contribution in [0, 0.1) is 11.8 Å². The van der Waals surface area contributed by atoms with Crippen LogP contribution in [0.25, 0.3) is 0 Å². The summed E-state index contributed by atoms with van der Waals surface area (Å²) in [6, 6.07) is 0. The number of carbonyl (C=O) groups is 3. The van der Waals surface area contributed by atoms with Gasteiger partial charge in [0.05, 0.1) is 36.9 Å². The van der Waals surface area contributed by atoms with Crippen LogP contribution in [0.4, 0.5) is 0 Å². The minimum Gasteiger partial charge on any atom is -0.462 e. The maximum absolute atomic E-state index is 13.9.